The number of alkyl carbamates (subject to hydrolysis) is 1. The second kappa shape index (κ2) is 36.8. The lowest BCUT2D eigenvalue weighted by Gasteiger charge is -2.43. The van der Waals surface area contributed by atoms with E-state index in [1.54, 1.807) is 42.3 Å². The third-order valence-corrected chi connectivity index (χ3v) is 16.9. The third-order valence-electron chi connectivity index (χ3n) is 16.9. The van der Waals surface area contributed by atoms with Gasteiger partial charge in [0.2, 0.25) is 5.79 Å². The molecule has 0 radical (unpaired) electrons. The SMILES string of the molecule is COCCOCCOCCOCCNC(=O)O[C@@H]1CC[C@@H](C[C@@H](C)[C@@H]2C[C@@H](OC)[C@H](C)/C=C(\C)[C@@H](O)[C@@H](OC)C(=O)[C@H](C)C[C@H](C)/C=C/C=C/C=C(\C)[C@@H](OC)C[C@@H]3CC[C@@H](C)[C@@](O)(O3)C(=O)C(=O)N3CCCC[C@H]3C(=O)O2)C[C@H]1OC. The van der Waals surface area contributed by atoms with Crippen LogP contribution >= 0.6 is 0 Å². The minimum atomic E-state index is -2.44. The summed E-state index contributed by atoms with van der Waals surface area (Å²) in [7, 11) is 7.78. The van der Waals surface area contributed by atoms with E-state index in [1.165, 1.54) is 12.0 Å². The first kappa shape index (κ1) is 70.6. The van der Waals surface area contributed by atoms with Gasteiger partial charge in [0.1, 0.15) is 30.5 Å². The molecule has 20 nitrogen and oxygen atoms in total. The molecule has 16 atom stereocenters. The van der Waals surface area contributed by atoms with E-state index in [1.807, 2.05) is 71.1 Å². The van der Waals surface area contributed by atoms with E-state index in [9.17, 15) is 34.2 Å². The van der Waals surface area contributed by atoms with Gasteiger partial charge in [-0.2, -0.15) is 0 Å². The zero-order valence-electron chi connectivity index (χ0n) is 51.3. The molecule has 3 N–H and O–H groups in total. The van der Waals surface area contributed by atoms with E-state index < -0.39 is 96.2 Å². The van der Waals surface area contributed by atoms with Gasteiger partial charge in [0.15, 0.2) is 5.78 Å². The summed E-state index contributed by atoms with van der Waals surface area (Å²) in [6.45, 7) is 16.5. The van der Waals surface area contributed by atoms with Crippen LogP contribution in [0.4, 0.5) is 4.79 Å². The van der Waals surface area contributed by atoms with Crippen molar-refractivity contribution < 1.29 is 86.3 Å². The molecule has 82 heavy (non-hydrogen) atoms. The molecule has 1 saturated carbocycles. The lowest BCUT2D eigenvalue weighted by Crippen LogP contribution is -2.61. The Hall–Kier alpha value is -3.93. The maximum Gasteiger partial charge on any atom is 0.407 e. The van der Waals surface area contributed by atoms with Crippen LogP contribution in [0.2, 0.25) is 0 Å². The Morgan fingerprint density at radius 2 is 1.44 bits per heavy atom. The van der Waals surface area contributed by atoms with Crippen molar-refractivity contribution in [3.63, 3.8) is 0 Å². The lowest BCUT2D eigenvalue weighted by molar-refractivity contribution is -0.265. The Morgan fingerprint density at radius 3 is 2.10 bits per heavy atom. The Labute approximate surface area is 488 Å². The van der Waals surface area contributed by atoms with Crippen LogP contribution in [0.15, 0.2) is 47.6 Å². The van der Waals surface area contributed by atoms with Crippen molar-refractivity contribution in [3.8, 4) is 0 Å². The van der Waals surface area contributed by atoms with E-state index in [0.717, 1.165) is 5.57 Å². The van der Waals surface area contributed by atoms with Gasteiger partial charge in [0.05, 0.1) is 70.7 Å². The maximum absolute atomic E-state index is 14.8. The van der Waals surface area contributed by atoms with Crippen LogP contribution in [-0.4, -0.2) is 200 Å². The van der Waals surface area contributed by atoms with E-state index in [0.29, 0.717) is 109 Å². The molecule has 2 bridgehead atoms. The molecule has 3 fully saturated rings. The molecule has 3 heterocycles. The van der Waals surface area contributed by atoms with Gasteiger partial charge >= 0.3 is 12.1 Å². The maximum atomic E-state index is 14.8. The van der Waals surface area contributed by atoms with Gasteiger partial charge in [-0.15, -0.1) is 0 Å². The zero-order valence-corrected chi connectivity index (χ0v) is 51.3. The molecule has 2 saturated heterocycles. The first-order chi connectivity index (χ1) is 39.2. The zero-order chi connectivity index (χ0) is 60.4. The van der Waals surface area contributed by atoms with Crippen LogP contribution < -0.4 is 5.32 Å². The van der Waals surface area contributed by atoms with Gasteiger partial charge < -0.3 is 72.5 Å². The largest absolute Gasteiger partial charge is 0.460 e. The molecule has 4 aliphatic rings. The average molecular weight is 1160 g/mol. The number of allylic oxidation sites excluding steroid dienone is 5. The quantitative estimate of drug-likeness (QED) is 0.0478. The van der Waals surface area contributed by atoms with Crippen molar-refractivity contribution >= 4 is 29.5 Å². The molecule has 20 heteroatoms. The van der Waals surface area contributed by atoms with Gasteiger partial charge in [-0.3, -0.25) is 14.4 Å². The Morgan fingerprint density at radius 1 is 0.756 bits per heavy atom. The number of fused-ring (bicyclic) bond motifs is 3. The highest BCUT2D eigenvalue weighted by Crippen LogP contribution is 2.38. The minimum absolute atomic E-state index is 0.0239. The summed E-state index contributed by atoms with van der Waals surface area (Å²) in [5.41, 5.74) is 1.39. The first-order valence-electron chi connectivity index (χ1n) is 29.9. The third kappa shape index (κ3) is 21.9. The summed E-state index contributed by atoms with van der Waals surface area (Å²) < 4.78 is 63.7. The van der Waals surface area contributed by atoms with Gasteiger partial charge in [0.25, 0.3) is 11.7 Å². The second-order valence-corrected chi connectivity index (χ2v) is 23.1. The standard InChI is InChI=1S/C62H102N2O18/c1-40-18-14-13-15-19-41(2)51(73-9)38-48-23-21-46(7)62(71,82-48)58(67)59(68)64-26-17-16-20-49(64)60(69)80-53(39-52(74-10)42(3)35-45(6)56(66)57(76-12)55(65)44(5)34-40)43(4)36-47-22-24-50(54(37-47)75-11)81-61(70)63-25-27-77-30-31-79-33-32-78-29-28-72-8/h13-15,18-19,35,40,42-44,46-54,56-57,66,71H,16-17,20-34,36-39H2,1-12H3,(H,63,70)/b15-13+,18-14+,41-19+,45-35+/t40-,42-,43-,44-,46-,47+,48+,49+,50-,51+,52-,53+,54-,56-,57+,62-/m1/s1. The van der Waals surface area contributed by atoms with Crippen molar-refractivity contribution in [3.05, 3.63) is 47.6 Å². The summed E-state index contributed by atoms with van der Waals surface area (Å²) in [6.07, 6.45) is 11.0. The predicted molar refractivity (Wildman–Crippen MR) is 308 cm³/mol. The van der Waals surface area contributed by atoms with Crippen LogP contribution in [0.5, 0.6) is 0 Å². The number of carbonyl (C=O) groups is 5. The molecule has 4 rings (SSSR count). The van der Waals surface area contributed by atoms with E-state index in [4.69, 9.17) is 52.1 Å². The Bertz CT molecular complexity index is 2080. The summed E-state index contributed by atoms with van der Waals surface area (Å²) in [5.74, 6) is -7.15. The topological polar surface area (TPSA) is 243 Å². The summed E-state index contributed by atoms with van der Waals surface area (Å²) in [6, 6.07) is -1.12. The van der Waals surface area contributed by atoms with Gasteiger partial charge in [-0.05, 0) is 107 Å². The van der Waals surface area contributed by atoms with Crippen molar-refractivity contribution in [2.45, 2.75) is 186 Å². The highest BCUT2D eigenvalue weighted by Gasteiger charge is 2.53. The van der Waals surface area contributed by atoms with Crippen molar-refractivity contribution in [1.29, 1.82) is 0 Å². The van der Waals surface area contributed by atoms with Gasteiger partial charge in [-0.25, -0.2) is 9.59 Å². The predicted octanol–water partition coefficient (Wildman–Crippen LogP) is 7.06. The highest BCUT2D eigenvalue weighted by molar-refractivity contribution is 6.39. The van der Waals surface area contributed by atoms with Crippen LogP contribution in [0.3, 0.4) is 0 Å². The van der Waals surface area contributed by atoms with Crippen molar-refractivity contribution in [2.24, 2.45) is 35.5 Å². The number of ether oxygens (including phenoxy) is 11. The number of methoxy groups -OCH3 is 5. The van der Waals surface area contributed by atoms with Gasteiger partial charge in [-0.1, -0.05) is 71.1 Å². The Kier molecular flexibility index (Phi) is 31.7. The fraction of sp³-hybridized carbons (Fsp3) is 0.790. The number of cyclic esters (lactones) is 1. The number of aliphatic hydroxyl groups excluding tert-OH is 1. The fourth-order valence-electron chi connectivity index (χ4n) is 11.8. The number of amides is 2. The number of piperidine rings is 1. The number of rotatable bonds is 20. The molecular weight excluding hydrogens is 1060 g/mol. The molecule has 1 aliphatic carbocycles. The number of carbonyl (C=O) groups excluding carboxylic acids is 5. The lowest BCUT2D eigenvalue weighted by atomic mass is 9.78. The monoisotopic (exact) mass is 1160 g/mol. The molecule has 0 aromatic carbocycles. The normalized spacial score (nSPS) is 35.3. The van der Waals surface area contributed by atoms with E-state index in [2.05, 4.69) is 5.32 Å². The molecule has 2 amide bonds. The van der Waals surface area contributed by atoms with E-state index >= 15 is 0 Å². The second-order valence-electron chi connectivity index (χ2n) is 23.1. The van der Waals surface area contributed by atoms with Crippen LogP contribution in [-0.2, 0) is 71.3 Å². The van der Waals surface area contributed by atoms with Gasteiger partial charge in [0, 0.05) is 79.2 Å². The van der Waals surface area contributed by atoms with Crippen molar-refractivity contribution in [1.82, 2.24) is 10.2 Å². The summed E-state index contributed by atoms with van der Waals surface area (Å²) in [5, 5.41) is 26.6. The number of aliphatic hydroxyl groups is 2. The number of nitrogens with one attached hydrogen (secondary N) is 1. The number of nitrogens with zero attached hydrogens (tertiary/aromatic N) is 1. The number of ketones is 2. The number of hydrogen-bond acceptors (Lipinski definition) is 18. The van der Waals surface area contributed by atoms with Crippen molar-refractivity contribution in [2.75, 3.05) is 94.9 Å². The molecule has 468 valence electrons. The molecule has 0 spiro atoms. The number of hydrogen-bond donors (Lipinski definition) is 3. The van der Waals surface area contributed by atoms with Crippen LogP contribution in [0.1, 0.15) is 126 Å². The Balaban J connectivity index is 1.57. The van der Waals surface area contributed by atoms with E-state index in [-0.39, 0.29) is 62.0 Å². The first-order valence-corrected chi connectivity index (χ1v) is 29.9. The van der Waals surface area contributed by atoms with Crippen LogP contribution in [0.25, 0.3) is 0 Å². The molecule has 0 aromatic rings. The smallest absolute Gasteiger partial charge is 0.407 e. The minimum Gasteiger partial charge on any atom is -0.460 e. The molecule has 3 aliphatic heterocycles. The number of Topliss-reactive ketones (excluding diaryl/α,β-unsaturated/α-hetero) is 2. The molecule has 0 aromatic heterocycles. The molecule has 0 unspecified atom stereocenters. The summed E-state index contributed by atoms with van der Waals surface area (Å²) in [4.78, 5) is 71.8. The summed E-state index contributed by atoms with van der Waals surface area (Å²) >= 11 is 0. The average Bonchev–Trinajstić information content (AvgIpc) is 3.47. The number of esters is 1. The fourth-order valence-corrected chi connectivity index (χ4v) is 11.8. The molecular formula is C62H102N2O18. The van der Waals surface area contributed by atoms with Crippen LogP contribution in [0, 0.1) is 35.5 Å². The highest BCUT2D eigenvalue weighted by atomic mass is 16.6.